The molecule has 86 valence electrons. The van der Waals surface area contributed by atoms with Gasteiger partial charge in [-0.2, -0.15) is 0 Å². The summed E-state index contributed by atoms with van der Waals surface area (Å²) >= 11 is 0. The van der Waals surface area contributed by atoms with Gasteiger partial charge in [-0.15, -0.1) is 0 Å². The van der Waals surface area contributed by atoms with E-state index in [4.69, 9.17) is 5.11 Å². The number of carboxylic acids is 1. The highest BCUT2D eigenvalue weighted by Crippen LogP contribution is 2.19. The average Bonchev–Trinajstić information content (AvgIpc) is 2.21. The summed E-state index contributed by atoms with van der Waals surface area (Å²) in [5.41, 5.74) is -0.651. The summed E-state index contributed by atoms with van der Waals surface area (Å²) in [6, 6.07) is 3.52. The molecule has 5 nitrogen and oxygen atoms in total. The van der Waals surface area contributed by atoms with Crippen LogP contribution in [0.25, 0.3) is 0 Å². The van der Waals surface area contributed by atoms with E-state index in [0.717, 1.165) is 6.07 Å². The van der Waals surface area contributed by atoms with Gasteiger partial charge < -0.3 is 15.2 Å². The first-order chi connectivity index (χ1) is 7.56. The van der Waals surface area contributed by atoms with Crippen molar-refractivity contribution in [3.63, 3.8) is 0 Å². The number of hydrogen-bond acceptors (Lipinski definition) is 3. The molecule has 0 bridgehead atoms. The lowest BCUT2D eigenvalue weighted by Gasteiger charge is -2.08. The predicted octanol–water partition coefficient (Wildman–Crippen LogP) is 1.11. The first-order valence-corrected chi connectivity index (χ1v) is 4.37. The largest absolute Gasteiger partial charge is 0.478 e. The Bertz CT molecular complexity index is 419. The number of nitrogens with one attached hydrogen (secondary N) is 1. The molecule has 1 amide bonds. The predicted molar refractivity (Wildman–Crippen MR) is 53.9 cm³/mol. The second-order valence-corrected chi connectivity index (χ2v) is 2.95. The zero-order valence-corrected chi connectivity index (χ0v) is 8.49. The molecule has 0 heterocycles. The standard InChI is InChI=1S/C10H10FNO4/c1-16-5-8(13)12-9-6(10(14)15)3-2-4-7(9)11/h2-4H,5H2,1H3,(H,12,13)(H,14,15). The number of aromatic carboxylic acids is 1. The molecule has 0 saturated heterocycles. The fourth-order valence-electron chi connectivity index (χ4n) is 1.14. The third-order valence-electron chi connectivity index (χ3n) is 1.78. The van der Waals surface area contributed by atoms with Crippen LogP contribution in [0.15, 0.2) is 18.2 Å². The van der Waals surface area contributed by atoms with Gasteiger partial charge in [0.05, 0.1) is 11.3 Å². The molecule has 0 aliphatic heterocycles. The Morgan fingerprint density at radius 3 is 2.75 bits per heavy atom. The van der Waals surface area contributed by atoms with Gasteiger partial charge >= 0.3 is 5.97 Å². The van der Waals surface area contributed by atoms with Crippen LogP contribution in [0.1, 0.15) is 10.4 Å². The van der Waals surface area contributed by atoms with E-state index in [1.54, 1.807) is 0 Å². The van der Waals surface area contributed by atoms with Gasteiger partial charge in [0.25, 0.3) is 0 Å². The molecule has 1 rings (SSSR count). The van der Waals surface area contributed by atoms with E-state index in [2.05, 4.69) is 10.1 Å². The molecule has 0 radical (unpaired) electrons. The van der Waals surface area contributed by atoms with Gasteiger partial charge in [-0.1, -0.05) is 6.07 Å². The number of rotatable bonds is 4. The molecular weight excluding hydrogens is 217 g/mol. The smallest absolute Gasteiger partial charge is 0.337 e. The van der Waals surface area contributed by atoms with E-state index in [1.165, 1.54) is 19.2 Å². The molecule has 6 heteroatoms. The number of carbonyl (C=O) groups excluding carboxylic acids is 1. The summed E-state index contributed by atoms with van der Waals surface area (Å²) in [6.07, 6.45) is 0. The zero-order chi connectivity index (χ0) is 12.1. The first kappa shape index (κ1) is 12.1. The third-order valence-corrected chi connectivity index (χ3v) is 1.78. The Balaban J connectivity index is 3.01. The number of benzene rings is 1. The van der Waals surface area contributed by atoms with Crippen molar-refractivity contribution in [2.24, 2.45) is 0 Å². The molecule has 0 spiro atoms. The topological polar surface area (TPSA) is 75.6 Å². The van der Waals surface area contributed by atoms with Crippen molar-refractivity contribution in [2.45, 2.75) is 0 Å². The van der Waals surface area contributed by atoms with Crippen LogP contribution >= 0.6 is 0 Å². The Kier molecular flexibility index (Phi) is 3.96. The van der Waals surface area contributed by atoms with Crippen LogP contribution in [0.3, 0.4) is 0 Å². The molecule has 16 heavy (non-hydrogen) atoms. The van der Waals surface area contributed by atoms with E-state index in [0.29, 0.717) is 0 Å². The highest BCUT2D eigenvalue weighted by atomic mass is 19.1. The Morgan fingerprint density at radius 1 is 1.50 bits per heavy atom. The van der Waals surface area contributed by atoms with E-state index in [1.807, 2.05) is 0 Å². The second kappa shape index (κ2) is 5.22. The van der Waals surface area contributed by atoms with Crippen molar-refractivity contribution in [1.82, 2.24) is 0 Å². The van der Waals surface area contributed by atoms with Gasteiger partial charge in [0.15, 0.2) is 0 Å². The van der Waals surface area contributed by atoms with Gasteiger partial charge in [-0.05, 0) is 12.1 Å². The molecule has 0 fully saturated rings. The van der Waals surface area contributed by atoms with Gasteiger partial charge in [0.2, 0.25) is 5.91 Å². The number of carbonyl (C=O) groups is 2. The minimum absolute atomic E-state index is 0.270. The second-order valence-electron chi connectivity index (χ2n) is 2.95. The van der Waals surface area contributed by atoms with Crippen molar-refractivity contribution >= 4 is 17.6 Å². The summed E-state index contributed by atoms with van der Waals surface area (Å²) in [5, 5.41) is 10.9. The van der Waals surface area contributed by atoms with Gasteiger partial charge in [0, 0.05) is 7.11 Å². The number of para-hydroxylation sites is 1. The minimum Gasteiger partial charge on any atom is -0.478 e. The van der Waals surface area contributed by atoms with Crippen molar-refractivity contribution in [2.75, 3.05) is 19.0 Å². The fourth-order valence-corrected chi connectivity index (χ4v) is 1.14. The monoisotopic (exact) mass is 227 g/mol. The fraction of sp³-hybridized carbons (Fsp3) is 0.200. The number of carboxylic acid groups (broad SMARTS) is 1. The summed E-state index contributed by atoms with van der Waals surface area (Å²) in [4.78, 5) is 21.9. The molecule has 1 aromatic rings. The molecule has 0 aromatic heterocycles. The first-order valence-electron chi connectivity index (χ1n) is 4.37. The highest BCUT2D eigenvalue weighted by Gasteiger charge is 2.16. The van der Waals surface area contributed by atoms with Crippen LogP contribution in [-0.4, -0.2) is 30.7 Å². The zero-order valence-electron chi connectivity index (χ0n) is 8.49. The van der Waals surface area contributed by atoms with Crippen LogP contribution in [0, 0.1) is 5.82 Å². The molecule has 0 unspecified atom stereocenters. The van der Waals surface area contributed by atoms with Gasteiger partial charge in [-0.3, -0.25) is 4.79 Å². The van der Waals surface area contributed by atoms with Crippen LogP contribution in [-0.2, 0) is 9.53 Å². The van der Waals surface area contributed by atoms with Crippen molar-refractivity contribution in [1.29, 1.82) is 0 Å². The lowest BCUT2D eigenvalue weighted by atomic mass is 10.1. The van der Waals surface area contributed by atoms with E-state index in [9.17, 15) is 14.0 Å². The number of hydrogen-bond donors (Lipinski definition) is 2. The summed E-state index contributed by atoms with van der Waals surface area (Å²) in [7, 11) is 1.30. The number of anilines is 1. The molecule has 2 N–H and O–H groups in total. The number of ether oxygens (including phenoxy) is 1. The lowest BCUT2D eigenvalue weighted by Crippen LogP contribution is -2.20. The molecule has 0 saturated carbocycles. The van der Waals surface area contributed by atoms with Crippen LogP contribution in [0.5, 0.6) is 0 Å². The lowest BCUT2D eigenvalue weighted by molar-refractivity contribution is -0.119. The quantitative estimate of drug-likeness (QED) is 0.807. The Labute approximate surface area is 90.8 Å². The Hall–Kier alpha value is -1.95. The normalized spacial score (nSPS) is 9.88. The van der Waals surface area contributed by atoms with Gasteiger partial charge in [-0.25, -0.2) is 9.18 Å². The number of halogens is 1. The molecule has 0 aliphatic rings. The number of amides is 1. The van der Waals surface area contributed by atoms with Crippen molar-refractivity contribution < 1.29 is 23.8 Å². The highest BCUT2D eigenvalue weighted by molar-refractivity contribution is 6.01. The van der Waals surface area contributed by atoms with Crippen LogP contribution < -0.4 is 5.32 Å². The summed E-state index contributed by atoms with van der Waals surface area (Å²) in [5.74, 6) is -2.73. The minimum atomic E-state index is -1.31. The SMILES string of the molecule is COCC(=O)Nc1c(F)cccc1C(=O)O. The number of methoxy groups -OCH3 is 1. The van der Waals surface area contributed by atoms with Gasteiger partial charge in [0.1, 0.15) is 12.4 Å². The summed E-state index contributed by atoms with van der Waals surface area (Å²) < 4.78 is 17.8. The maximum atomic E-state index is 13.3. The molecule has 0 atom stereocenters. The van der Waals surface area contributed by atoms with Crippen molar-refractivity contribution in [3.8, 4) is 0 Å². The molecular formula is C10H10FNO4. The van der Waals surface area contributed by atoms with Crippen LogP contribution in [0.2, 0.25) is 0 Å². The van der Waals surface area contributed by atoms with E-state index in [-0.39, 0.29) is 17.9 Å². The maximum absolute atomic E-state index is 13.3. The molecule has 0 aliphatic carbocycles. The average molecular weight is 227 g/mol. The van der Waals surface area contributed by atoms with Crippen molar-refractivity contribution in [3.05, 3.63) is 29.6 Å². The Morgan fingerprint density at radius 2 is 2.19 bits per heavy atom. The third kappa shape index (κ3) is 2.77. The van der Waals surface area contributed by atoms with Crippen LogP contribution in [0.4, 0.5) is 10.1 Å². The molecule has 1 aromatic carbocycles. The maximum Gasteiger partial charge on any atom is 0.337 e. The summed E-state index contributed by atoms with van der Waals surface area (Å²) in [6.45, 7) is -0.270. The van der Waals surface area contributed by atoms with E-state index < -0.39 is 17.7 Å². The van der Waals surface area contributed by atoms with E-state index >= 15 is 0 Å².